The smallest absolute Gasteiger partial charge is 0.253 e. The quantitative estimate of drug-likeness (QED) is 0.589. The van der Waals surface area contributed by atoms with Gasteiger partial charge in [0.05, 0.1) is 17.7 Å². The van der Waals surface area contributed by atoms with Crippen molar-refractivity contribution in [2.24, 2.45) is 0 Å². The Morgan fingerprint density at radius 2 is 2.22 bits per heavy atom. The van der Waals surface area contributed by atoms with Crippen LogP contribution in [0.3, 0.4) is 0 Å². The molecular formula is C12H14BrClFNO2. The third-order valence-corrected chi connectivity index (χ3v) is 3.07. The number of likely N-dealkylation sites (N-methyl/N-ethyl adjacent to an activating group) is 1. The van der Waals surface area contributed by atoms with E-state index in [9.17, 15) is 9.18 Å². The Hall–Kier alpha value is -0.650. The second-order valence-corrected chi connectivity index (χ2v) is 4.89. The molecule has 0 aliphatic heterocycles. The van der Waals surface area contributed by atoms with Crippen molar-refractivity contribution >= 4 is 33.4 Å². The highest BCUT2D eigenvalue weighted by Gasteiger charge is 2.12. The number of carbonyl (C=O) groups is 1. The number of carbonyl (C=O) groups excluding carboxylic acids is 1. The molecule has 1 amide bonds. The lowest BCUT2D eigenvalue weighted by atomic mass is 10.2. The van der Waals surface area contributed by atoms with Gasteiger partial charge in [-0.15, -0.1) is 11.6 Å². The third kappa shape index (κ3) is 4.55. The van der Waals surface area contributed by atoms with Gasteiger partial charge in [0.1, 0.15) is 5.82 Å². The van der Waals surface area contributed by atoms with Gasteiger partial charge in [0.15, 0.2) is 0 Å². The van der Waals surface area contributed by atoms with E-state index in [-0.39, 0.29) is 16.2 Å². The molecule has 0 atom stereocenters. The predicted octanol–water partition coefficient (Wildman–Crippen LogP) is 2.92. The zero-order chi connectivity index (χ0) is 13.5. The molecule has 1 aromatic rings. The van der Waals surface area contributed by atoms with E-state index in [1.165, 1.54) is 23.1 Å². The highest BCUT2D eigenvalue weighted by Crippen LogP contribution is 2.17. The van der Waals surface area contributed by atoms with Crippen molar-refractivity contribution in [1.82, 2.24) is 4.90 Å². The first-order chi connectivity index (χ1) is 8.56. The van der Waals surface area contributed by atoms with Crippen LogP contribution in [0.1, 0.15) is 10.4 Å². The minimum Gasteiger partial charge on any atom is -0.378 e. The Morgan fingerprint density at radius 3 is 2.83 bits per heavy atom. The molecule has 0 heterocycles. The summed E-state index contributed by atoms with van der Waals surface area (Å²) < 4.78 is 18.5. The molecule has 0 bridgehead atoms. The summed E-state index contributed by atoms with van der Waals surface area (Å²) in [5.41, 5.74) is 0.433. The van der Waals surface area contributed by atoms with Gasteiger partial charge in [-0.2, -0.15) is 0 Å². The van der Waals surface area contributed by atoms with E-state index >= 15 is 0 Å². The van der Waals surface area contributed by atoms with E-state index in [0.717, 1.165) is 0 Å². The van der Waals surface area contributed by atoms with Crippen molar-refractivity contribution < 1.29 is 13.9 Å². The first-order valence-electron chi connectivity index (χ1n) is 5.40. The molecule has 0 aliphatic carbocycles. The van der Waals surface area contributed by atoms with Crippen LogP contribution in [0.5, 0.6) is 0 Å². The predicted molar refractivity (Wildman–Crippen MR) is 72.6 cm³/mol. The summed E-state index contributed by atoms with van der Waals surface area (Å²) in [5, 5.41) is 0. The van der Waals surface area contributed by atoms with Crippen LogP contribution >= 0.6 is 27.5 Å². The molecule has 3 nitrogen and oxygen atoms in total. The highest BCUT2D eigenvalue weighted by atomic mass is 79.9. The van der Waals surface area contributed by atoms with Gasteiger partial charge >= 0.3 is 0 Å². The molecule has 0 aliphatic rings. The van der Waals surface area contributed by atoms with Crippen molar-refractivity contribution in [2.45, 2.75) is 0 Å². The standard InChI is InChI=1S/C12H14BrClFNO2/c1-16(5-7-18-6-4-14)12(17)9-2-3-11(15)10(13)8-9/h2-3,8H,4-7H2,1H3. The summed E-state index contributed by atoms with van der Waals surface area (Å²) >= 11 is 8.51. The topological polar surface area (TPSA) is 29.5 Å². The first-order valence-corrected chi connectivity index (χ1v) is 6.73. The Morgan fingerprint density at radius 1 is 1.50 bits per heavy atom. The first kappa shape index (κ1) is 15.4. The van der Waals surface area contributed by atoms with Crippen LogP contribution in [0.2, 0.25) is 0 Å². The second kappa shape index (κ2) is 7.71. The number of nitrogens with zero attached hydrogens (tertiary/aromatic N) is 1. The van der Waals surface area contributed by atoms with Crippen LogP contribution in [0, 0.1) is 5.82 Å². The molecule has 0 fully saturated rings. The number of alkyl halides is 1. The van der Waals surface area contributed by atoms with Crippen molar-refractivity contribution in [3.05, 3.63) is 34.1 Å². The van der Waals surface area contributed by atoms with Crippen LogP contribution < -0.4 is 0 Å². The van der Waals surface area contributed by atoms with Gasteiger partial charge in [0.25, 0.3) is 5.91 Å². The zero-order valence-electron chi connectivity index (χ0n) is 9.96. The number of halogens is 3. The van der Waals surface area contributed by atoms with E-state index in [0.29, 0.717) is 31.2 Å². The number of rotatable bonds is 6. The maximum absolute atomic E-state index is 13.0. The molecule has 1 aromatic carbocycles. The number of hydrogen-bond donors (Lipinski definition) is 0. The highest BCUT2D eigenvalue weighted by molar-refractivity contribution is 9.10. The summed E-state index contributed by atoms with van der Waals surface area (Å²) in [6, 6.07) is 4.18. The summed E-state index contributed by atoms with van der Waals surface area (Å²) in [6.45, 7) is 1.35. The maximum atomic E-state index is 13.0. The van der Waals surface area contributed by atoms with Crippen molar-refractivity contribution in [3.63, 3.8) is 0 Å². The van der Waals surface area contributed by atoms with Crippen molar-refractivity contribution in [3.8, 4) is 0 Å². The molecule has 0 saturated heterocycles. The number of hydrogen-bond acceptors (Lipinski definition) is 2. The lowest BCUT2D eigenvalue weighted by molar-refractivity contribution is 0.0711. The summed E-state index contributed by atoms with van der Waals surface area (Å²) in [4.78, 5) is 13.5. The van der Waals surface area contributed by atoms with Gasteiger partial charge in [-0.05, 0) is 34.1 Å². The lowest BCUT2D eigenvalue weighted by Gasteiger charge is -2.17. The molecule has 0 saturated carbocycles. The molecule has 100 valence electrons. The SMILES string of the molecule is CN(CCOCCCl)C(=O)c1ccc(F)c(Br)c1. The van der Waals surface area contributed by atoms with Crippen LogP contribution in [-0.4, -0.2) is 43.5 Å². The summed E-state index contributed by atoms with van der Waals surface area (Å²) in [7, 11) is 1.67. The largest absolute Gasteiger partial charge is 0.378 e. The number of benzene rings is 1. The van der Waals surface area contributed by atoms with Crippen LogP contribution in [0.25, 0.3) is 0 Å². The molecule has 0 unspecified atom stereocenters. The van der Waals surface area contributed by atoms with E-state index in [1.54, 1.807) is 7.05 Å². The Balaban J connectivity index is 2.54. The van der Waals surface area contributed by atoms with E-state index in [4.69, 9.17) is 16.3 Å². The summed E-state index contributed by atoms with van der Waals surface area (Å²) in [5.74, 6) is -0.132. The molecule has 0 spiro atoms. The van der Waals surface area contributed by atoms with Gasteiger partial charge in [0.2, 0.25) is 0 Å². The Kier molecular flexibility index (Phi) is 6.60. The van der Waals surface area contributed by atoms with Gasteiger partial charge in [-0.1, -0.05) is 0 Å². The van der Waals surface area contributed by atoms with Gasteiger partial charge in [0, 0.05) is 25.0 Å². The van der Waals surface area contributed by atoms with Crippen LogP contribution in [0.15, 0.2) is 22.7 Å². The minimum atomic E-state index is -0.389. The van der Waals surface area contributed by atoms with E-state index in [1.807, 2.05) is 0 Å². The molecule has 1 rings (SSSR count). The molecular weight excluding hydrogens is 324 g/mol. The fourth-order valence-corrected chi connectivity index (χ4v) is 1.80. The molecule has 6 heteroatoms. The van der Waals surface area contributed by atoms with Crippen LogP contribution in [-0.2, 0) is 4.74 Å². The molecule has 18 heavy (non-hydrogen) atoms. The molecule has 0 radical (unpaired) electrons. The van der Waals surface area contributed by atoms with Gasteiger partial charge < -0.3 is 9.64 Å². The normalized spacial score (nSPS) is 10.4. The summed E-state index contributed by atoms with van der Waals surface area (Å²) in [6.07, 6.45) is 0. The number of amides is 1. The third-order valence-electron chi connectivity index (χ3n) is 2.31. The Labute approximate surface area is 119 Å². The van der Waals surface area contributed by atoms with E-state index in [2.05, 4.69) is 15.9 Å². The van der Waals surface area contributed by atoms with Crippen LogP contribution in [0.4, 0.5) is 4.39 Å². The van der Waals surface area contributed by atoms with E-state index < -0.39 is 0 Å². The maximum Gasteiger partial charge on any atom is 0.253 e. The lowest BCUT2D eigenvalue weighted by Crippen LogP contribution is -2.30. The average Bonchev–Trinajstić information content (AvgIpc) is 2.37. The Bertz CT molecular complexity index is 417. The molecule has 0 N–H and O–H groups in total. The fraction of sp³-hybridized carbons (Fsp3) is 0.417. The van der Waals surface area contributed by atoms with Crippen molar-refractivity contribution in [1.29, 1.82) is 0 Å². The number of ether oxygens (including phenoxy) is 1. The fourth-order valence-electron chi connectivity index (χ4n) is 1.31. The monoisotopic (exact) mass is 337 g/mol. The average molecular weight is 339 g/mol. The van der Waals surface area contributed by atoms with Gasteiger partial charge in [-0.3, -0.25) is 4.79 Å². The second-order valence-electron chi connectivity index (χ2n) is 3.66. The van der Waals surface area contributed by atoms with Crippen molar-refractivity contribution in [2.75, 3.05) is 32.7 Å². The molecule has 0 aromatic heterocycles. The zero-order valence-corrected chi connectivity index (χ0v) is 12.3. The van der Waals surface area contributed by atoms with Gasteiger partial charge in [-0.25, -0.2) is 4.39 Å². The minimum absolute atomic E-state index is 0.176.